The standard InChI is InChI=1S/C8H13N3O8S2/c1-20(14,15)9-7(12)6-3-2-5-4-10(6)8(13)11(5)19-21(16,17)18/h5-6H,2-4H2,1H3,(H,9,12)(H,16,17,18)/t5-,6+/m1/s1. The third-order valence-corrected chi connectivity index (χ3v) is 4.01. The number of hydrogen-bond acceptors (Lipinski definition) is 7. The fourth-order valence-electron chi connectivity index (χ4n) is 2.35. The molecule has 0 spiro atoms. The highest BCUT2D eigenvalue weighted by molar-refractivity contribution is 7.89. The molecular weight excluding hydrogens is 330 g/mol. The summed E-state index contributed by atoms with van der Waals surface area (Å²) in [6.07, 6.45) is 1.17. The quantitative estimate of drug-likeness (QED) is 0.560. The molecule has 120 valence electrons. The Hall–Kier alpha value is -1.44. The third-order valence-electron chi connectivity index (χ3n) is 3.09. The summed E-state index contributed by atoms with van der Waals surface area (Å²) >= 11 is 0. The maximum atomic E-state index is 12.0. The molecule has 13 heteroatoms. The topological polar surface area (TPSA) is 150 Å². The zero-order valence-corrected chi connectivity index (χ0v) is 12.4. The molecule has 2 fully saturated rings. The fourth-order valence-corrected chi connectivity index (χ4v) is 3.24. The molecule has 2 atom stereocenters. The molecule has 0 aromatic heterocycles. The fraction of sp³-hybridized carbons (Fsp3) is 0.750. The van der Waals surface area contributed by atoms with E-state index in [1.165, 1.54) is 0 Å². The molecule has 21 heavy (non-hydrogen) atoms. The molecule has 2 aliphatic heterocycles. The molecule has 2 N–H and O–H groups in total. The Morgan fingerprint density at radius 2 is 1.95 bits per heavy atom. The molecular formula is C8H13N3O8S2. The molecule has 2 bridgehead atoms. The van der Waals surface area contributed by atoms with Crippen LogP contribution in [0.4, 0.5) is 4.79 Å². The number of hydroxylamine groups is 2. The van der Waals surface area contributed by atoms with E-state index in [0.717, 1.165) is 11.2 Å². The number of amides is 3. The van der Waals surface area contributed by atoms with Crippen molar-refractivity contribution in [1.82, 2.24) is 14.7 Å². The van der Waals surface area contributed by atoms with Crippen LogP contribution in [-0.2, 0) is 29.5 Å². The van der Waals surface area contributed by atoms with Gasteiger partial charge < -0.3 is 4.90 Å². The van der Waals surface area contributed by atoms with E-state index >= 15 is 0 Å². The highest BCUT2D eigenvalue weighted by Gasteiger charge is 2.49. The first kappa shape index (κ1) is 15.9. The van der Waals surface area contributed by atoms with Crippen molar-refractivity contribution in [3.05, 3.63) is 0 Å². The van der Waals surface area contributed by atoms with Gasteiger partial charge in [0.2, 0.25) is 10.0 Å². The minimum absolute atomic E-state index is 0.00377. The molecule has 2 rings (SSSR count). The lowest BCUT2D eigenvalue weighted by molar-refractivity contribution is -0.124. The van der Waals surface area contributed by atoms with Gasteiger partial charge in [-0.1, -0.05) is 0 Å². The van der Waals surface area contributed by atoms with Crippen molar-refractivity contribution in [3.8, 4) is 0 Å². The molecule has 2 saturated heterocycles. The number of nitrogens with one attached hydrogen (secondary N) is 1. The minimum Gasteiger partial charge on any atom is -0.309 e. The summed E-state index contributed by atoms with van der Waals surface area (Å²) in [4.78, 5) is 24.8. The predicted molar refractivity (Wildman–Crippen MR) is 66.4 cm³/mol. The van der Waals surface area contributed by atoms with Crippen LogP contribution in [0.2, 0.25) is 0 Å². The normalized spacial score (nSPS) is 26.1. The van der Waals surface area contributed by atoms with E-state index < -0.39 is 44.4 Å². The van der Waals surface area contributed by atoms with Gasteiger partial charge in [-0.2, -0.15) is 13.5 Å². The molecule has 2 aliphatic rings. The number of urea groups is 1. The first-order chi connectivity index (χ1) is 9.48. The van der Waals surface area contributed by atoms with Gasteiger partial charge in [-0.3, -0.25) is 14.1 Å². The summed E-state index contributed by atoms with van der Waals surface area (Å²) in [6.45, 7) is -0.00377. The SMILES string of the molecule is CS(=O)(=O)NC(=O)[C@@H]1CC[C@@H]2CN1C(=O)N2OS(=O)(=O)O. The van der Waals surface area contributed by atoms with E-state index in [2.05, 4.69) is 4.28 Å². The largest absolute Gasteiger partial charge is 0.418 e. The van der Waals surface area contributed by atoms with Crippen LogP contribution < -0.4 is 4.72 Å². The highest BCUT2D eigenvalue weighted by atomic mass is 32.3. The van der Waals surface area contributed by atoms with Gasteiger partial charge in [0.25, 0.3) is 5.91 Å². The molecule has 0 unspecified atom stereocenters. The van der Waals surface area contributed by atoms with Gasteiger partial charge in [0.15, 0.2) is 0 Å². The average molecular weight is 343 g/mol. The van der Waals surface area contributed by atoms with Crippen LogP contribution in [0.3, 0.4) is 0 Å². The van der Waals surface area contributed by atoms with Gasteiger partial charge in [0, 0.05) is 6.54 Å². The lowest BCUT2D eigenvalue weighted by Gasteiger charge is -2.28. The van der Waals surface area contributed by atoms with Gasteiger partial charge in [0.05, 0.1) is 12.3 Å². The van der Waals surface area contributed by atoms with Crippen molar-refractivity contribution in [2.45, 2.75) is 24.9 Å². The Labute approximate surface area is 120 Å². The van der Waals surface area contributed by atoms with E-state index in [4.69, 9.17) is 4.55 Å². The van der Waals surface area contributed by atoms with Gasteiger partial charge in [-0.05, 0) is 12.8 Å². The molecule has 0 radical (unpaired) electrons. The van der Waals surface area contributed by atoms with Crippen molar-refractivity contribution in [3.63, 3.8) is 0 Å². The molecule has 0 aromatic carbocycles. The molecule has 0 aromatic rings. The molecule has 0 aliphatic carbocycles. The zero-order chi connectivity index (χ0) is 16.0. The van der Waals surface area contributed by atoms with Crippen LogP contribution in [0.15, 0.2) is 0 Å². The van der Waals surface area contributed by atoms with Crippen LogP contribution in [-0.4, -0.2) is 68.2 Å². The molecule has 11 nitrogen and oxygen atoms in total. The van der Waals surface area contributed by atoms with E-state index in [1.54, 1.807) is 4.72 Å². The minimum atomic E-state index is -4.86. The van der Waals surface area contributed by atoms with Crippen LogP contribution in [0, 0.1) is 0 Å². The Bertz CT molecular complexity index is 672. The number of sulfonamides is 1. The number of piperidine rings is 1. The van der Waals surface area contributed by atoms with Crippen molar-refractivity contribution in [1.29, 1.82) is 0 Å². The molecule has 0 saturated carbocycles. The summed E-state index contributed by atoms with van der Waals surface area (Å²) in [5.74, 6) is -0.877. The van der Waals surface area contributed by atoms with Gasteiger partial charge in [0.1, 0.15) is 6.04 Å². The smallest absolute Gasteiger partial charge is 0.309 e. The zero-order valence-electron chi connectivity index (χ0n) is 10.8. The molecule has 3 amide bonds. The average Bonchev–Trinajstić information content (AvgIpc) is 2.51. The Balaban J connectivity index is 2.16. The summed E-state index contributed by atoms with van der Waals surface area (Å²) in [5, 5.41) is 0.475. The number of carbonyl (C=O) groups excluding carboxylic acids is 2. The predicted octanol–water partition coefficient (Wildman–Crippen LogP) is -1.93. The summed E-state index contributed by atoms with van der Waals surface area (Å²) in [6, 6.07) is -2.61. The van der Waals surface area contributed by atoms with E-state index in [-0.39, 0.29) is 19.4 Å². The Morgan fingerprint density at radius 1 is 1.33 bits per heavy atom. The Kier molecular flexibility index (Phi) is 3.86. The van der Waals surface area contributed by atoms with Crippen LogP contribution in [0.1, 0.15) is 12.8 Å². The highest BCUT2D eigenvalue weighted by Crippen LogP contribution is 2.30. The lowest BCUT2D eigenvalue weighted by Crippen LogP contribution is -2.50. The monoisotopic (exact) mass is 343 g/mol. The van der Waals surface area contributed by atoms with Crippen molar-refractivity contribution >= 4 is 32.4 Å². The van der Waals surface area contributed by atoms with E-state index in [9.17, 15) is 26.4 Å². The number of hydrogen-bond donors (Lipinski definition) is 2. The van der Waals surface area contributed by atoms with E-state index in [1.807, 2.05) is 0 Å². The molecule has 2 heterocycles. The van der Waals surface area contributed by atoms with Gasteiger partial charge in [-0.15, -0.1) is 4.28 Å². The van der Waals surface area contributed by atoms with Crippen molar-refractivity contribution in [2.75, 3.05) is 12.8 Å². The van der Waals surface area contributed by atoms with E-state index in [0.29, 0.717) is 5.06 Å². The first-order valence-corrected chi connectivity index (χ1v) is 9.02. The van der Waals surface area contributed by atoms with Crippen LogP contribution in [0.5, 0.6) is 0 Å². The third kappa shape index (κ3) is 3.61. The lowest BCUT2D eigenvalue weighted by atomic mass is 10.0. The van der Waals surface area contributed by atoms with Gasteiger partial charge >= 0.3 is 16.4 Å². The summed E-state index contributed by atoms with van der Waals surface area (Å²) < 4.78 is 58.0. The summed E-state index contributed by atoms with van der Waals surface area (Å²) in [5.41, 5.74) is 0. The second-order valence-electron chi connectivity index (χ2n) is 4.75. The maximum Gasteiger partial charge on any atom is 0.418 e. The number of carbonyl (C=O) groups is 2. The van der Waals surface area contributed by atoms with Crippen molar-refractivity contribution in [2.24, 2.45) is 0 Å². The summed E-state index contributed by atoms with van der Waals surface area (Å²) in [7, 11) is -8.63. The number of fused-ring (bicyclic) bond motifs is 2. The number of nitrogens with zero attached hydrogens (tertiary/aromatic N) is 2. The number of rotatable bonds is 4. The maximum absolute atomic E-state index is 12.0. The second kappa shape index (κ2) is 5.08. The van der Waals surface area contributed by atoms with Crippen LogP contribution in [0.25, 0.3) is 0 Å². The van der Waals surface area contributed by atoms with Gasteiger partial charge in [-0.25, -0.2) is 13.2 Å². The van der Waals surface area contributed by atoms with Crippen LogP contribution >= 0.6 is 0 Å². The Morgan fingerprint density at radius 3 is 2.48 bits per heavy atom. The van der Waals surface area contributed by atoms with Crippen molar-refractivity contribution < 1.29 is 35.3 Å². The first-order valence-electron chi connectivity index (χ1n) is 5.76. The second-order valence-corrected chi connectivity index (χ2v) is 7.50.